The van der Waals surface area contributed by atoms with Crippen LogP contribution in [0.15, 0.2) is 48.5 Å². The number of amides is 2. The van der Waals surface area contributed by atoms with Gasteiger partial charge in [-0.1, -0.05) is 36.8 Å². The zero-order chi connectivity index (χ0) is 22.6. The first kappa shape index (κ1) is 22.0. The number of ether oxygens (including phenoxy) is 1. The minimum absolute atomic E-state index is 0.0872. The van der Waals surface area contributed by atoms with Gasteiger partial charge in [0.15, 0.2) is 0 Å². The summed E-state index contributed by atoms with van der Waals surface area (Å²) >= 11 is 0. The number of hydrogen-bond donors (Lipinski definition) is 1. The minimum Gasteiger partial charge on any atom is -0.492 e. The van der Waals surface area contributed by atoms with Crippen molar-refractivity contribution in [2.24, 2.45) is 0 Å². The topological polar surface area (TPSA) is 61.9 Å². The summed E-state index contributed by atoms with van der Waals surface area (Å²) in [6.07, 6.45) is 6.31. The average molecular weight is 448 g/mol. The summed E-state index contributed by atoms with van der Waals surface area (Å²) in [4.78, 5) is 30.0. The molecule has 2 aromatic carbocycles. The predicted octanol–water partition coefficient (Wildman–Crippen LogP) is 3.92. The molecule has 174 valence electrons. The summed E-state index contributed by atoms with van der Waals surface area (Å²) in [5.41, 5.74) is 2.69. The van der Waals surface area contributed by atoms with E-state index in [9.17, 15) is 9.59 Å². The molecule has 1 aliphatic carbocycles. The Kier molecular flexibility index (Phi) is 6.63. The zero-order valence-electron chi connectivity index (χ0n) is 19.2. The van der Waals surface area contributed by atoms with E-state index in [2.05, 4.69) is 22.3 Å². The molecule has 1 saturated carbocycles. The van der Waals surface area contributed by atoms with Crippen LogP contribution >= 0.6 is 0 Å². The quantitative estimate of drug-likeness (QED) is 0.633. The number of carbonyl (C=O) groups excluding carboxylic acids is 2. The molecule has 0 radical (unpaired) electrons. The molecule has 33 heavy (non-hydrogen) atoms. The van der Waals surface area contributed by atoms with E-state index in [1.165, 1.54) is 32.4 Å². The summed E-state index contributed by atoms with van der Waals surface area (Å²) in [6.45, 7) is 4.58. The largest absolute Gasteiger partial charge is 0.492 e. The van der Waals surface area contributed by atoms with Gasteiger partial charge in [0.1, 0.15) is 12.4 Å². The average Bonchev–Trinajstić information content (AvgIpc) is 3.63. The van der Waals surface area contributed by atoms with Gasteiger partial charge in [-0.15, -0.1) is 0 Å². The lowest BCUT2D eigenvalue weighted by Crippen LogP contribution is -2.35. The van der Waals surface area contributed by atoms with E-state index >= 15 is 0 Å². The Morgan fingerprint density at radius 1 is 1.06 bits per heavy atom. The summed E-state index contributed by atoms with van der Waals surface area (Å²) in [5, 5.41) is 2.98. The fourth-order valence-corrected chi connectivity index (χ4v) is 4.99. The molecule has 1 unspecified atom stereocenters. The summed E-state index contributed by atoms with van der Waals surface area (Å²) < 4.78 is 6.03. The van der Waals surface area contributed by atoms with Crippen LogP contribution in [0.3, 0.4) is 0 Å². The van der Waals surface area contributed by atoms with E-state index in [4.69, 9.17) is 4.74 Å². The number of nitrogens with zero attached hydrogens (tertiary/aromatic N) is 2. The molecular weight excluding hydrogens is 414 g/mol. The normalized spacial score (nSPS) is 20.2. The molecular formula is C27H33N3O3. The van der Waals surface area contributed by atoms with Gasteiger partial charge >= 0.3 is 0 Å². The summed E-state index contributed by atoms with van der Waals surface area (Å²) in [5.74, 6) is 0.872. The van der Waals surface area contributed by atoms with Crippen LogP contribution in [-0.2, 0) is 11.3 Å². The first-order valence-corrected chi connectivity index (χ1v) is 12.3. The van der Waals surface area contributed by atoms with Gasteiger partial charge in [0, 0.05) is 24.7 Å². The molecule has 0 aromatic heterocycles. The highest BCUT2D eigenvalue weighted by Gasteiger charge is 2.36. The van der Waals surface area contributed by atoms with E-state index in [-0.39, 0.29) is 17.9 Å². The van der Waals surface area contributed by atoms with Crippen molar-refractivity contribution < 1.29 is 14.3 Å². The molecule has 1 saturated heterocycles. The van der Waals surface area contributed by atoms with E-state index in [0.29, 0.717) is 31.2 Å². The van der Waals surface area contributed by atoms with Crippen molar-refractivity contribution in [2.75, 3.05) is 26.2 Å². The van der Waals surface area contributed by atoms with Crippen LogP contribution in [0.4, 0.5) is 0 Å². The van der Waals surface area contributed by atoms with Gasteiger partial charge in [0.25, 0.3) is 5.91 Å². The second-order valence-corrected chi connectivity index (χ2v) is 9.47. The van der Waals surface area contributed by atoms with E-state index in [1.54, 1.807) is 0 Å². The molecule has 3 aliphatic rings. The van der Waals surface area contributed by atoms with Crippen LogP contribution in [0.5, 0.6) is 5.75 Å². The maximum absolute atomic E-state index is 13.3. The van der Waals surface area contributed by atoms with E-state index in [1.807, 2.05) is 41.3 Å². The van der Waals surface area contributed by atoms with Crippen molar-refractivity contribution in [1.29, 1.82) is 0 Å². The number of likely N-dealkylation sites (tertiary alicyclic amines) is 1. The van der Waals surface area contributed by atoms with Gasteiger partial charge in [-0.05, 0) is 68.1 Å². The van der Waals surface area contributed by atoms with Crippen LogP contribution in [0.1, 0.15) is 66.1 Å². The number of piperidine rings is 1. The van der Waals surface area contributed by atoms with E-state index in [0.717, 1.165) is 36.3 Å². The molecule has 0 bridgehead atoms. The Hall–Kier alpha value is -2.86. The first-order valence-electron chi connectivity index (χ1n) is 12.3. The number of benzene rings is 2. The molecule has 2 heterocycles. The van der Waals surface area contributed by atoms with Crippen molar-refractivity contribution >= 4 is 11.8 Å². The van der Waals surface area contributed by atoms with Gasteiger partial charge in [0.05, 0.1) is 12.5 Å². The maximum atomic E-state index is 13.3. The lowest BCUT2D eigenvalue weighted by molar-refractivity contribution is -0.132. The van der Waals surface area contributed by atoms with Gasteiger partial charge in [0.2, 0.25) is 5.91 Å². The fourth-order valence-electron chi connectivity index (χ4n) is 4.99. The fraction of sp³-hybridized carbons (Fsp3) is 0.481. The second-order valence-electron chi connectivity index (χ2n) is 9.47. The molecule has 2 aromatic rings. The summed E-state index contributed by atoms with van der Waals surface area (Å²) in [6, 6.07) is 15.7. The molecule has 1 atom stereocenters. The molecule has 0 spiro atoms. The molecule has 2 fully saturated rings. The van der Waals surface area contributed by atoms with E-state index < -0.39 is 0 Å². The smallest absolute Gasteiger partial charge is 0.252 e. The highest BCUT2D eigenvalue weighted by atomic mass is 16.5. The lowest BCUT2D eigenvalue weighted by atomic mass is 10.0. The highest BCUT2D eigenvalue weighted by Crippen LogP contribution is 2.33. The molecule has 5 rings (SSSR count). The maximum Gasteiger partial charge on any atom is 0.252 e. The van der Waals surface area contributed by atoms with Crippen molar-refractivity contribution in [2.45, 2.75) is 57.2 Å². The van der Waals surface area contributed by atoms with Crippen molar-refractivity contribution in [3.63, 3.8) is 0 Å². The Balaban J connectivity index is 1.19. The third kappa shape index (κ3) is 5.38. The second kappa shape index (κ2) is 9.96. The minimum atomic E-state index is -0.244. The predicted molar refractivity (Wildman–Crippen MR) is 127 cm³/mol. The zero-order valence-corrected chi connectivity index (χ0v) is 19.2. The van der Waals surface area contributed by atoms with Crippen molar-refractivity contribution in [1.82, 2.24) is 15.1 Å². The molecule has 6 nitrogen and oxygen atoms in total. The Bertz CT molecular complexity index is 998. The monoisotopic (exact) mass is 447 g/mol. The number of fused-ring (bicyclic) bond motifs is 1. The number of rotatable bonds is 9. The standard InChI is InChI=1S/C27H33N3O3/c31-26(18-25-23-9-2-3-10-24(23)27(32)28-25)30(21-11-12-21)19-20-7-6-8-22(17-20)33-16-15-29-13-4-1-5-14-29/h2-3,6-10,17,21,25H,1,4-5,11-16,18-19H2,(H,28,32). The van der Waals surface area contributed by atoms with Gasteiger partial charge in [-0.25, -0.2) is 0 Å². The Labute approximate surface area is 195 Å². The number of nitrogens with one attached hydrogen (secondary N) is 1. The van der Waals surface area contributed by atoms with Crippen molar-refractivity contribution in [3.8, 4) is 5.75 Å². The third-order valence-electron chi connectivity index (χ3n) is 6.95. The SMILES string of the molecule is O=C1NC(CC(=O)N(Cc2cccc(OCCN3CCCCC3)c2)C2CC2)c2ccccc21. The Morgan fingerprint density at radius 3 is 2.70 bits per heavy atom. The molecule has 2 amide bonds. The lowest BCUT2D eigenvalue weighted by Gasteiger charge is -2.26. The molecule has 2 aliphatic heterocycles. The molecule has 1 N–H and O–H groups in total. The van der Waals surface area contributed by atoms with Crippen LogP contribution in [0.25, 0.3) is 0 Å². The van der Waals surface area contributed by atoms with Crippen molar-refractivity contribution in [3.05, 3.63) is 65.2 Å². The Morgan fingerprint density at radius 2 is 1.88 bits per heavy atom. The van der Waals surface area contributed by atoms with Gasteiger partial charge < -0.3 is 15.0 Å². The molecule has 6 heteroatoms. The van der Waals surface area contributed by atoms with Crippen LogP contribution in [0, 0.1) is 0 Å². The number of carbonyl (C=O) groups is 2. The summed E-state index contributed by atoms with van der Waals surface area (Å²) in [7, 11) is 0. The van der Waals surface area contributed by atoms with Crippen LogP contribution in [-0.4, -0.2) is 53.9 Å². The van der Waals surface area contributed by atoms with Crippen LogP contribution in [0.2, 0.25) is 0 Å². The highest BCUT2D eigenvalue weighted by molar-refractivity contribution is 5.99. The van der Waals surface area contributed by atoms with Gasteiger partial charge in [-0.2, -0.15) is 0 Å². The number of hydrogen-bond acceptors (Lipinski definition) is 4. The van der Waals surface area contributed by atoms with Crippen LogP contribution < -0.4 is 10.1 Å². The first-order chi connectivity index (χ1) is 16.2. The third-order valence-corrected chi connectivity index (χ3v) is 6.95. The van der Waals surface area contributed by atoms with Gasteiger partial charge in [-0.3, -0.25) is 14.5 Å².